The fraction of sp³-hybridized carbons (Fsp3) is 0.583. The first-order valence-corrected chi connectivity index (χ1v) is 6.27. The molecule has 18 heavy (non-hydrogen) atoms. The summed E-state index contributed by atoms with van der Waals surface area (Å²) in [6, 6.07) is 2.12. The summed E-state index contributed by atoms with van der Waals surface area (Å²) in [7, 11) is 1.96. The Bertz CT molecular complexity index is 498. The third kappa shape index (κ3) is 2.95. The zero-order valence-electron chi connectivity index (χ0n) is 11.2. The van der Waals surface area contributed by atoms with Crippen molar-refractivity contribution < 1.29 is 0 Å². The summed E-state index contributed by atoms with van der Waals surface area (Å²) in [6.45, 7) is 6.77. The largest absolute Gasteiger partial charge is 0.321 e. The summed E-state index contributed by atoms with van der Waals surface area (Å²) in [5.74, 6) is 1.00. The van der Waals surface area contributed by atoms with Gasteiger partial charge in [0.05, 0.1) is 11.4 Å². The summed E-state index contributed by atoms with van der Waals surface area (Å²) in [5, 5.41) is 15.7. The van der Waals surface area contributed by atoms with Gasteiger partial charge in [-0.1, -0.05) is 0 Å². The zero-order chi connectivity index (χ0) is 13.0. The van der Waals surface area contributed by atoms with Gasteiger partial charge in [-0.3, -0.25) is 4.68 Å². The van der Waals surface area contributed by atoms with Gasteiger partial charge in [-0.2, -0.15) is 5.10 Å². The van der Waals surface area contributed by atoms with E-state index >= 15 is 0 Å². The van der Waals surface area contributed by atoms with Crippen molar-refractivity contribution in [2.75, 3.05) is 6.54 Å². The van der Waals surface area contributed by atoms with Gasteiger partial charge in [0.1, 0.15) is 12.2 Å². The Hall–Kier alpha value is -1.69. The van der Waals surface area contributed by atoms with E-state index in [2.05, 4.69) is 33.6 Å². The van der Waals surface area contributed by atoms with Crippen molar-refractivity contribution in [3.8, 4) is 0 Å². The van der Waals surface area contributed by atoms with Crippen LogP contribution in [0.3, 0.4) is 0 Å². The molecule has 0 saturated carbocycles. The molecule has 0 aliphatic heterocycles. The van der Waals surface area contributed by atoms with Crippen LogP contribution in [0.25, 0.3) is 0 Å². The smallest absolute Gasteiger partial charge is 0.133 e. The van der Waals surface area contributed by atoms with Crippen molar-refractivity contribution in [2.45, 2.75) is 33.4 Å². The molecule has 0 saturated heterocycles. The Morgan fingerprint density at radius 2 is 2.22 bits per heavy atom. The number of aromatic nitrogens is 5. The van der Waals surface area contributed by atoms with Gasteiger partial charge >= 0.3 is 0 Å². The third-order valence-electron chi connectivity index (χ3n) is 2.92. The highest BCUT2D eigenvalue weighted by Crippen LogP contribution is 2.03. The summed E-state index contributed by atoms with van der Waals surface area (Å²) < 4.78 is 3.98. The first kappa shape index (κ1) is 12.8. The molecular weight excluding hydrogens is 228 g/mol. The Morgan fingerprint density at radius 3 is 2.89 bits per heavy atom. The van der Waals surface area contributed by atoms with E-state index < -0.39 is 0 Å². The normalized spacial score (nSPS) is 11.1. The average Bonchev–Trinajstić information content (AvgIpc) is 2.91. The molecule has 0 aromatic carbocycles. The van der Waals surface area contributed by atoms with E-state index in [4.69, 9.17) is 0 Å². The van der Waals surface area contributed by atoms with Crippen LogP contribution in [-0.2, 0) is 26.6 Å². The van der Waals surface area contributed by atoms with Crippen LogP contribution in [-0.4, -0.2) is 31.1 Å². The maximum atomic E-state index is 4.42. The lowest BCUT2D eigenvalue weighted by Gasteiger charge is -2.06. The monoisotopic (exact) mass is 248 g/mol. The first-order valence-electron chi connectivity index (χ1n) is 6.27. The number of rotatable bonds is 6. The van der Waals surface area contributed by atoms with Gasteiger partial charge in [-0.25, -0.2) is 0 Å². The molecule has 2 rings (SSSR count). The zero-order valence-corrected chi connectivity index (χ0v) is 11.2. The van der Waals surface area contributed by atoms with Gasteiger partial charge in [0.25, 0.3) is 0 Å². The molecular formula is C12H20N6. The summed E-state index contributed by atoms with van der Waals surface area (Å²) >= 11 is 0. The van der Waals surface area contributed by atoms with Crippen LogP contribution in [0.5, 0.6) is 0 Å². The van der Waals surface area contributed by atoms with Crippen molar-refractivity contribution in [3.63, 3.8) is 0 Å². The molecule has 1 N–H and O–H groups in total. The van der Waals surface area contributed by atoms with Crippen LogP contribution in [0.2, 0.25) is 0 Å². The highest BCUT2D eigenvalue weighted by molar-refractivity contribution is 5.08. The van der Waals surface area contributed by atoms with Gasteiger partial charge in [0.2, 0.25) is 0 Å². The van der Waals surface area contributed by atoms with Crippen molar-refractivity contribution in [1.82, 2.24) is 29.9 Å². The van der Waals surface area contributed by atoms with Gasteiger partial charge in [0, 0.05) is 33.1 Å². The van der Waals surface area contributed by atoms with E-state index in [1.54, 1.807) is 6.33 Å². The number of hydrogen-bond acceptors (Lipinski definition) is 4. The standard InChI is InChI=1S/C12H20N6/c1-4-18-11(7-10(2)16-18)8-13-6-5-12-15-14-9-17(12)3/h7,9,13H,4-6,8H2,1-3H3. The SMILES string of the molecule is CCn1nc(C)cc1CNCCc1nncn1C. The van der Waals surface area contributed by atoms with Crippen molar-refractivity contribution in [1.29, 1.82) is 0 Å². The molecule has 0 bridgehead atoms. The number of hydrogen-bond donors (Lipinski definition) is 1. The molecule has 6 heteroatoms. The summed E-state index contributed by atoms with van der Waals surface area (Å²) in [6.07, 6.45) is 2.61. The van der Waals surface area contributed by atoms with Crippen LogP contribution >= 0.6 is 0 Å². The minimum Gasteiger partial charge on any atom is -0.321 e. The molecule has 0 aliphatic rings. The number of aryl methyl sites for hydroxylation is 3. The number of nitrogens with one attached hydrogen (secondary N) is 1. The second kappa shape index (κ2) is 5.77. The molecule has 2 aromatic heterocycles. The average molecular weight is 248 g/mol. The van der Waals surface area contributed by atoms with Crippen LogP contribution in [0, 0.1) is 6.92 Å². The van der Waals surface area contributed by atoms with Crippen LogP contribution in [0.15, 0.2) is 12.4 Å². The Kier molecular flexibility index (Phi) is 4.09. The lowest BCUT2D eigenvalue weighted by molar-refractivity contribution is 0.574. The molecule has 0 aliphatic carbocycles. The molecule has 6 nitrogen and oxygen atoms in total. The predicted molar refractivity (Wildman–Crippen MR) is 69.1 cm³/mol. The number of nitrogens with zero attached hydrogens (tertiary/aromatic N) is 5. The van der Waals surface area contributed by atoms with Gasteiger partial charge in [0.15, 0.2) is 0 Å². The van der Waals surface area contributed by atoms with Crippen LogP contribution in [0.4, 0.5) is 0 Å². The maximum absolute atomic E-state index is 4.42. The highest BCUT2D eigenvalue weighted by atomic mass is 15.3. The Balaban J connectivity index is 1.80. The lowest BCUT2D eigenvalue weighted by atomic mass is 10.3. The molecule has 2 aromatic rings. The summed E-state index contributed by atoms with van der Waals surface area (Å²) in [5.41, 5.74) is 2.30. The van der Waals surface area contributed by atoms with Crippen molar-refractivity contribution >= 4 is 0 Å². The van der Waals surface area contributed by atoms with E-state index in [-0.39, 0.29) is 0 Å². The topological polar surface area (TPSA) is 60.6 Å². The van der Waals surface area contributed by atoms with E-state index in [1.165, 1.54) is 5.69 Å². The van der Waals surface area contributed by atoms with Gasteiger partial charge in [-0.15, -0.1) is 10.2 Å². The third-order valence-corrected chi connectivity index (χ3v) is 2.92. The van der Waals surface area contributed by atoms with Crippen molar-refractivity contribution in [2.24, 2.45) is 7.05 Å². The Morgan fingerprint density at radius 1 is 1.39 bits per heavy atom. The minimum absolute atomic E-state index is 0.840. The second-order valence-electron chi connectivity index (χ2n) is 4.38. The molecule has 0 radical (unpaired) electrons. The van der Waals surface area contributed by atoms with E-state index in [9.17, 15) is 0 Å². The quantitative estimate of drug-likeness (QED) is 0.763. The maximum Gasteiger partial charge on any atom is 0.133 e. The first-order chi connectivity index (χ1) is 8.70. The second-order valence-corrected chi connectivity index (χ2v) is 4.38. The molecule has 2 heterocycles. The predicted octanol–water partition coefficient (Wildman–Crippen LogP) is 0.672. The van der Waals surface area contributed by atoms with E-state index in [0.29, 0.717) is 0 Å². The molecule has 0 fully saturated rings. The lowest BCUT2D eigenvalue weighted by Crippen LogP contribution is -2.20. The fourth-order valence-electron chi connectivity index (χ4n) is 1.97. The van der Waals surface area contributed by atoms with E-state index in [1.807, 2.05) is 23.2 Å². The molecule has 0 unspecified atom stereocenters. The minimum atomic E-state index is 0.840. The Labute approximate surface area is 107 Å². The van der Waals surface area contributed by atoms with Gasteiger partial charge in [-0.05, 0) is 19.9 Å². The molecule has 0 amide bonds. The van der Waals surface area contributed by atoms with Crippen LogP contribution < -0.4 is 5.32 Å². The molecule has 0 atom stereocenters. The van der Waals surface area contributed by atoms with Crippen LogP contribution in [0.1, 0.15) is 24.1 Å². The summed E-state index contributed by atoms with van der Waals surface area (Å²) in [4.78, 5) is 0. The highest BCUT2D eigenvalue weighted by Gasteiger charge is 2.04. The van der Waals surface area contributed by atoms with Crippen molar-refractivity contribution in [3.05, 3.63) is 29.6 Å². The molecule has 98 valence electrons. The van der Waals surface area contributed by atoms with Gasteiger partial charge < -0.3 is 9.88 Å². The fourth-order valence-corrected chi connectivity index (χ4v) is 1.97. The van der Waals surface area contributed by atoms with E-state index in [0.717, 1.165) is 37.6 Å². The molecule has 0 spiro atoms.